The van der Waals surface area contributed by atoms with E-state index in [1.807, 2.05) is 43.0 Å². The van der Waals surface area contributed by atoms with Crippen LogP contribution in [0.1, 0.15) is 39.2 Å². The van der Waals surface area contributed by atoms with Gasteiger partial charge in [0.15, 0.2) is 5.60 Å². The molecular formula is C17H26N2O2. The van der Waals surface area contributed by atoms with Gasteiger partial charge in [0.2, 0.25) is 0 Å². The minimum absolute atomic E-state index is 0.0361. The van der Waals surface area contributed by atoms with Crippen LogP contribution in [-0.2, 0) is 11.2 Å². The molecule has 4 nitrogen and oxygen atoms in total. The van der Waals surface area contributed by atoms with Crippen molar-refractivity contribution in [3.05, 3.63) is 29.8 Å². The van der Waals surface area contributed by atoms with E-state index in [4.69, 9.17) is 10.5 Å². The van der Waals surface area contributed by atoms with E-state index >= 15 is 0 Å². The summed E-state index contributed by atoms with van der Waals surface area (Å²) in [6.07, 6.45) is 2.73. The molecule has 2 N–H and O–H groups in total. The average molecular weight is 290 g/mol. The van der Waals surface area contributed by atoms with Gasteiger partial charge in [-0.25, -0.2) is 0 Å². The van der Waals surface area contributed by atoms with Gasteiger partial charge in [-0.3, -0.25) is 4.79 Å². The lowest BCUT2D eigenvalue weighted by atomic mass is 10.0. The van der Waals surface area contributed by atoms with Crippen LogP contribution in [-0.4, -0.2) is 35.5 Å². The number of ether oxygens (including phenoxy) is 1. The predicted octanol–water partition coefficient (Wildman–Crippen LogP) is 2.36. The van der Waals surface area contributed by atoms with Gasteiger partial charge >= 0.3 is 0 Å². The van der Waals surface area contributed by atoms with Gasteiger partial charge in [0.25, 0.3) is 5.91 Å². The Morgan fingerprint density at radius 3 is 2.38 bits per heavy atom. The first-order chi connectivity index (χ1) is 9.92. The van der Waals surface area contributed by atoms with Gasteiger partial charge in [-0.05, 0) is 50.8 Å². The molecule has 0 bridgehead atoms. The SMILES string of the molecule is CCc1ccc(OC(C)(C)C(=O)N2CCC(N)CC2)cc1. The molecule has 1 aliphatic rings. The molecule has 1 saturated heterocycles. The van der Waals surface area contributed by atoms with E-state index in [-0.39, 0.29) is 11.9 Å². The first kappa shape index (κ1) is 15.8. The van der Waals surface area contributed by atoms with Gasteiger partial charge < -0.3 is 15.4 Å². The monoisotopic (exact) mass is 290 g/mol. The summed E-state index contributed by atoms with van der Waals surface area (Å²) in [6, 6.07) is 8.16. The van der Waals surface area contributed by atoms with E-state index in [9.17, 15) is 4.79 Å². The summed E-state index contributed by atoms with van der Waals surface area (Å²) in [5, 5.41) is 0. The summed E-state index contributed by atoms with van der Waals surface area (Å²) in [5.74, 6) is 0.772. The van der Waals surface area contributed by atoms with Crippen molar-refractivity contribution in [2.45, 2.75) is 51.7 Å². The summed E-state index contributed by atoms with van der Waals surface area (Å²) >= 11 is 0. The quantitative estimate of drug-likeness (QED) is 0.926. The summed E-state index contributed by atoms with van der Waals surface area (Å²) in [5.41, 5.74) is 6.30. The molecule has 116 valence electrons. The number of benzene rings is 1. The summed E-state index contributed by atoms with van der Waals surface area (Å²) in [6.45, 7) is 7.22. The summed E-state index contributed by atoms with van der Waals surface area (Å²) in [4.78, 5) is 14.5. The van der Waals surface area contributed by atoms with Crippen molar-refractivity contribution >= 4 is 5.91 Å². The molecule has 0 spiro atoms. The Balaban J connectivity index is 2.00. The maximum absolute atomic E-state index is 12.6. The molecule has 21 heavy (non-hydrogen) atoms. The number of hydrogen-bond acceptors (Lipinski definition) is 3. The first-order valence-corrected chi connectivity index (χ1v) is 7.75. The lowest BCUT2D eigenvalue weighted by molar-refractivity contribution is -0.146. The number of carbonyl (C=O) groups excluding carboxylic acids is 1. The molecule has 1 amide bonds. The van der Waals surface area contributed by atoms with Crippen molar-refractivity contribution in [1.82, 2.24) is 4.90 Å². The third kappa shape index (κ3) is 3.97. The van der Waals surface area contributed by atoms with Crippen LogP contribution in [0, 0.1) is 0 Å². The number of amides is 1. The Hall–Kier alpha value is -1.55. The van der Waals surface area contributed by atoms with Crippen molar-refractivity contribution in [3.8, 4) is 5.75 Å². The molecule has 1 heterocycles. The number of aryl methyl sites for hydroxylation is 1. The van der Waals surface area contributed by atoms with E-state index < -0.39 is 5.60 Å². The molecule has 4 heteroatoms. The second-order valence-corrected chi connectivity index (χ2v) is 6.24. The summed E-state index contributed by atoms with van der Waals surface area (Å²) in [7, 11) is 0. The van der Waals surface area contributed by atoms with Crippen molar-refractivity contribution in [2.75, 3.05) is 13.1 Å². The number of likely N-dealkylation sites (tertiary alicyclic amines) is 1. The Bertz CT molecular complexity index is 474. The molecule has 0 aliphatic carbocycles. The standard InChI is InChI=1S/C17H26N2O2/c1-4-13-5-7-15(8-6-13)21-17(2,3)16(20)19-11-9-14(18)10-12-19/h5-8,14H,4,9-12,18H2,1-3H3. The Labute approximate surface area is 127 Å². The van der Waals surface area contributed by atoms with E-state index in [1.54, 1.807) is 0 Å². The van der Waals surface area contributed by atoms with Crippen molar-refractivity contribution in [1.29, 1.82) is 0 Å². The average Bonchev–Trinajstić information content (AvgIpc) is 2.48. The van der Waals surface area contributed by atoms with Gasteiger partial charge in [-0.15, -0.1) is 0 Å². The van der Waals surface area contributed by atoms with Crippen molar-refractivity contribution < 1.29 is 9.53 Å². The van der Waals surface area contributed by atoms with Crippen LogP contribution in [0.25, 0.3) is 0 Å². The fourth-order valence-corrected chi connectivity index (χ4v) is 2.61. The molecule has 0 unspecified atom stereocenters. The number of hydrogen-bond donors (Lipinski definition) is 1. The molecule has 2 rings (SSSR count). The second kappa shape index (κ2) is 6.48. The molecule has 0 atom stereocenters. The minimum atomic E-state index is -0.852. The molecule has 1 aromatic rings. The lowest BCUT2D eigenvalue weighted by Gasteiger charge is -2.36. The van der Waals surface area contributed by atoms with Crippen LogP contribution >= 0.6 is 0 Å². The first-order valence-electron chi connectivity index (χ1n) is 7.75. The smallest absolute Gasteiger partial charge is 0.266 e. The second-order valence-electron chi connectivity index (χ2n) is 6.24. The van der Waals surface area contributed by atoms with Crippen LogP contribution < -0.4 is 10.5 Å². The molecular weight excluding hydrogens is 264 g/mol. The predicted molar refractivity (Wildman–Crippen MR) is 84.3 cm³/mol. The zero-order valence-electron chi connectivity index (χ0n) is 13.3. The Morgan fingerprint density at radius 2 is 1.86 bits per heavy atom. The van der Waals surface area contributed by atoms with Gasteiger partial charge in [-0.1, -0.05) is 19.1 Å². The van der Waals surface area contributed by atoms with Crippen LogP contribution in [0.4, 0.5) is 0 Å². The maximum Gasteiger partial charge on any atom is 0.266 e. The lowest BCUT2D eigenvalue weighted by Crippen LogP contribution is -2.52. The molecule has 0 aromatic heterocycles. The Morgan fingerprint density at radius 1 is 1.29 bits per heavy atom. The topological polar surface area (TPSA) is 55.6 Å². The van der Waals surface area contributed by atoms with Gasteiger partial charge in [0.1, 0.15) is 5.75 Å². The van der Waals surface area contributed by atoms with E-state index in [1.165, 1.54) is 5.56 Å². The van der Waals surface area contributed by atoms with Crippen LogP contribution in [0.3, 0.4) is 0 Å². The zero-order chi connectivity index (χ0) is 15.5. The van der Waals surface area contributed by atoms with Gasteiger partial charge in [0.05, 0.1) is 0 Å². The molecule has 0 radical (unpaired) electrons. The van der Waals surface area contributed by atoms with Crippen LogP contribution in [0.15, 0.2) is 24.3 Å². The third-order valence-electron chi connectivity index (χ3n) is 4.05. The number of nitrogens with zero attached hydrogens (tertiary/aromatic N) is 1. The van der Waals surface area contributed by atoms with Crippen LogP contribution in [0.2, 0.25) is 0 Å². The van der Waals surface area contributed by atoms with Gasteiger partial charge in [-0.2, -0.15) is 0 Å². The highest BCUT2D eigenvalue weighted by molar-refractivity contribution is 5.84. The highest BCUT2D eigenvalue weighted by Gasteiger charge is 2.35. The minimum Gasteiger partial charge on any atom is -0.478 e. The van der Waals surface area contributed by atoms with E-state index in [0.29, 0.717) is 0 Å². The van der Waals surface area contributed by atoms with Crippen LogP contribution in [0.5, 0.6) is 5.75 Å². The Kier molecular flexibility index (Phi) is 4.88. The number of carbonyl (C=O) groups is 1. The fourth-order valence-electron chi connectivity index (χ4n) is 2.61. The molecule has 1 fully saturated rings. The maximum atomic E-state index is 12.6. The highest BCUT2D eigenvalue weighted by atomic mass is 16.5. The number of nitrogens with two attached hydrogens (primary N) is 1. The van der Waals surface area contributed by atoms with E-state index in [2.05, 4.69) is 6.92 Å². The zero-order valence-corrected chi connectivity index (χ0v) is 13.3. The van der Waals surface area contributed by atoms with Crippen molar-refractivity contribution in [3.63, 3.8) is 0 Å². The number of piperidine rings is 1. The molecule has 1 aromatic carbocycles. The third-order valence-corrected chi connectivity index (χ3v) is 4.05. The van der Waals surface area contributed by atoms with Gasteiger partial charge in [0, 0.05) is 19.1 Å². The summed E-state index contributed by atoms with van der Waals surface area (Å²) < 4.78 is 5.92. The van der Waals surface area contributed by atoms with Crippen molar-refractivity contribution in [2.24, 2.45) is 5.73 Å². The highest BCUT2D eigenvalue weighted by Crippen LogP contribution is 2.22. The fraction of sp³-hybridized carbons (Fsp3) is 0.588. The largest absolute Gasteiger partial charge is 0.478 e. The molecule has 0 saturated carbocycles. The molecule has 1 aliphatic heterocycles. The normalized spacial score (nSPS) is 16.9. The van der Waals surface area contributed by atoms with E-state index in [0.717, 1.165) is 38.1 Å². The number of rotatable bonds is 4.